The van der Waals surface area contributed by atoms with E-state index in [0.29, 0.717) is 6.42 Å². The molecule has 0 amide bonds. The molecule has 4 bridgehead atoms. The van der Waals surface area contributed by atoms with Crippen LogP contribution < -0.4 is 0 Å². The number of benzene rings is 1. The van der Waals surface area contributed by atoms with E-state index >= 15 is 0 Å². The van der Waals surface area contributed by atoms with Gasteiger partial charge in [0.15, 0.2) is 0 Å². The van der Waals surface area contributed by atoms with Crippen LogP contribution in [0.1, 0.15) is 30.6 Å². The lowest BCUT2D eigenvalue weighted by Gasteiger charge is -2.61. The quantitative estimate of drug-likeness (QED) is 0.392. The van der Waals surface area contributed by atoms with E-state index < -0.39 is 11.4 Å². The van der Waals surface area contributed by atoms with Crippen molar-refractivity contribution < 1.29 is 14.3 Å². The lowest BCUT2D eigenvalue weighted by molar-refractivity contribution is -0.176. The Kier molecular flexibility index (Phi) is 3.23. The van der Waals surface area contributed by atoms with Crippen molar-refractivity contribution in [2.45, 2.75) is 31.8 Å². The van der Waals surface area contributed by atoms with E-state index in [0.717, 1.165) is 24.8 Å². The summed E-state index contributed by atoms with van der Waals surface area (Å²) in [5.74, 6) is -0.481. The zero-order valence-electron chi connectivity index (χ0n) is 15.0. The number of carbonyl (C=O) groups is 2. The average Bonchev–Trinajstić information content (AvgIpc) is 3.06. The third kappa shape index (κ3) is 1.69. The summed E-state index contributed by atoms with van der Waals surface area (Å²) in [5, 5.41) is 1.20. The predicted octanol–water partition coefficient (Wildman–Crippen LogP) is 2.77. The van der Waals surface area contributed by atoms with Crippen LogP contribution >= 0.6 is 0 Å². The minimum Gasteiger partial charge on any atom is -0.468 e. The number of fused-ring (bicyclic) bond motifs is 4. The highest BCUT2D eigenvalue weighted by atomic mass is 16.5. The number of methoxy groups -OCH3 is 1. The molecule has 4 aliphatic heterocycles. The molecule has 1 unspecified atom stereocenters. The van der Waals surface area contributed by atoms with E-state index in [-0.39, 0.29) is 18.0 Å². The predicted molar refractivity (Wildman–Crippen MR) is 97.6 cm³/mol. The van der Waals surface area contributed by atoms with Crippen LogP contribution in [-0.2, 0) is 20.7 Å². The number of ether oxygens (including phenoxy) is 1. The maximum Gasteiger partial charge on any atom is 0.321 e. The van der Waals surface area contributed by atoms with Crippen molar-refractivity contribution in [3.63, 3.8) is 0 Å². The van der Waals surface area contributed by atoms with Gasteiger partial charge in [0.1, 0.15) is 11.7 Å². The van der Waals surface area contributed by atoms with Crippen molar-refractivity contribution >= 4 is 23.2 Å². The smallest absolute Gasteiger partial charge is 0.321 e. The van der Waals surface area contributed by atoms with Gasteiger partial charge in [-0.15, -0.1) is 0 Å². The molecule has 4 aliphatic rings. The van der Waals surface area contributed by atoms with Gasteiger partial charge < -0.3 is 14.5 Å². The number of nitrogens with zero attached hydrogens (tertiary/aromatic N) is 1. The maximum atomic E-state index is 12.9. The second kappa shape index (κ2) is 5.30. The topological polar surface area (TPSA) is 62.4 Å². The molecular formula is C21H22N2O3. The molecule has 1 N–H and O–H groups in total. The first-order valence-corrected chi connectivity index (χ1v) is 9.20. The molecule has 1 aromatic heterocycles. The van der Waals surface area contributed by atoms with Gasteiger partial charge in [-0.3, -0.25) is 9.69 Å². The zero-order valence-corrected chi connectivity index (χ0v) is 15.0. The van der Waals surface area contributed by atoms with Gasteiger partial charge in [-0.25, -0.2) is 0 Å². The molecule has 3 fully saturated rings. The third-order valence-corrected chi connectivity index (χ3v) is 6.88. The number of rotatable bonds is 2. The summed E-state index contributed by atoms with van der Waals surface area (Å²) in [5.41, 5.74) is 3.70. The molecule has 1 aromatic carbocycles. The van der Waals surface area contributed by atoms with Crippen LogP contribution in [0.2, 0.25) is 0 Å². The van der Waals surface area contributed by atoms with Crippen molar-refractivity contribution in [2.24, 2.45) is 11.3 Å². The first-order valence-electron chi connectivity index (χ1n) is 9.20. The summed E-state index contributed by atoms with van der Waals surface area (Å²) in [6.45, 7) is 2.81. The number of aromatic nitrogens is 1. The summed E-state index contributed by atoms with van der Waals surface area (Å²) in [4.78, 5) is 31.2. The molecule has 0 radical (unpaired) electrons. The SMILES string of the molecule is C/C=C1/CN2[C@H]3Cc4c([nH]c5ccccc45)[C@@H]2C[C@@H]1[C@@]3(C=O)C(=O)OC. The minimum atomic E-state index is -1.11. The van der Waals surface area contributed by atoms with Crippen molar-refractivity contribution in [1.29, 1.82) is 0 Å². The molecule has 0 saturated carbocycles. The number of hydrogen-bond acceptors (Lipinski definition) is 4. The van der Waals surface area contributed by atoms with Gasteiger partial charge in [0.2, 0.25) is 0 Å². The van der Waals surface area contributed by atoms with Crippen LogP contribution in [0.25, 0.3) is 10.9 Å². The summed E-state index contributed by atoms with van der Waals surface area (Å²) in [6, 6.07) is 8.37. The lowest BCUT2D eigenvalue weighted by atomic mass is 9.55. The summed E-state index contributed by atoms with van der Waals surface area (Å²) >= 11 is 0. The van der Waals surface area contributed by atoms with Gasteiger partial charge >= 0.3 is 5.97 Å². The number of carbonyl (C=O) groups excluding carboxylic acids is 2. The zero-order chi connectivity index (χ0) is 18.1. The first kappa shape index (κ1) is 15.8. The monoisotopic (exact) mass is 350 g/mol. The van der Waals surface area contributed by atoms with Gasteiger partial charge in [-0.05, 0) is 31.4 Å². The van der Waals surface area contributed by atoms with Gasteiger partial charge in [-0.1, -0.05) is 29.8 Å². The van der Waals surface area contributed by atoms with Gasteiger partial charge in [0.05, 0.1) is 13.2 Å². The molecule has 134 valence electrons. The Morgan fingerprint density at radius 2 is 2.19 bits per heavy atom. The Morgan fingerprint density at radius 3 is 2.92 bits per heavy atom. The van der Waals surface area contributed by atoms with Crippen LogP contribution in [0.4, 0.5) is 0 Å². The number of nitrogens with one attached hydrogen (secondary N) is 1. The first-order chi connectivity index (χ1) is 12.7. The third-order valence-electron chi connectivity index (χ3n) is 6.88. The molecular weight excluding hydrogens is 328 g/mol. The van der Waals surface area contributed by atoms with Crippen LogP contribution in [-0.4, -0.2) is 41.8 Å². The summed E-state index contributed by atoms with van der Waals surface area (Å²) in [7, 11) is 1.39. The van der Waals surface area contributed by atoms with Gasteiger partial charge in [0, 0.05) is 35.1 Å². The van der Waals surface area contributed by atoms with Gasteiger partial charge in [-0.2, -0.15) is 0 Å². The second-order valence-corrected chi connectivity index (χ2v) is 7.67. The van der Waals surface area contributed by atoms with Crippen molar-refractivity contribution in [2.75, 3.05) is 13.7 Å². The number of hydrogen-bond donors (Lipinski definition) is 1. The molecule has 5 nitrogen and oxygen atoms in total. The van der Waals surface area contributed by atoms with Crippen LogP contribution in [0.15, 0.2) is 35.9 Å². The van der Waals surface area contributed by atoms with E-state index in [1.807, 2.05) is 19.1 Å². The van der Waals surface area contributed by atoms with Crippen LogP contribution in [0.5, 0.6) is 0 Å². The van der Waals surface area contributed by atoms with E-state index in [1.54, 1.807) is 0 Å². The van der Waals surface area contributed by atoms with Crippen LogP contribution in [0.3, 0.4) is 0 Å². The Balaban J connectivity index is 1.74. The Morgan fingerprint density at radius 1 is 1.38 bits per heavy atom. The van der Waals surface area contributed by atoms with E-state index in [9.17, 15) is 9.59 Å². The largest absolute Gasteiger partial charge is 0.468 e. The Bertz CT molecular complexity index is 959. The number of aromatic amines is 1. The number of piperidine rings is 3. The molecule has 3 saturated heterocycles. The molecule has 5 atom stereocenters. The number of aldehydes is 1. The van der Waals surface area contributed by atoms with Gasteiger partial charge in [0.25, 0.3) is 0 Å². The second-order valence-electron chi connectivity index (χ2n) is 7.67. The highest BCUT2D eigenvalue weighted by Crippen LogP contribution is 2.59. The highest BCUT2D eigenvalue weighted by Gasteiger charge is 2.65. The molecule has 6 rings (SSSR count). The number of H-pyrrole nitrogens is 1. The number of allylic oxidation sites excluding steroid dienone is 1. The number of para-hydroxylation sites is 1. The molecule has 26 heavy (non-hydrogen) atoms. The van der Waals surface area contributed by atoms with E-state index in [4.69, 9.17) is 4.74 Å². The Hall–Kier alpha value is -2.40. The molecule has 5 heteroatoms. The van der Waals surface area contributed by atoms with Crippen molar-refractivity contribution in [3.8, 4) is 0 Å². The molecule has 0 aliphatic carbocycles. The van der Waals surface area contributed by atoms with Crippen LogP contribution in [0, 0.1) is 11.3 Å². The fraction of sp³-hybridized carbons (Fsp3) is 0.429. The standard InChI is InChI=1S/C21H22N2O3/c1-3-12-10-23-17-9-15(12)21(11-24,20(25)26-2)18(23)8-14-13-6-4-5-7-16(13)22-19(14)17/h3-7,11,15,17-18,22H,8-10H2,1-2H3/b12-3-/t15-,17-,18-,21+/m0/s1. The molecule has 0 spiro atoms. The Labute approximate surface area is 152 Å². The summed E-state index contributed by atoms with van der Waals surface area (Å²) < 4.78 is 5.15. The minimum absolute atomic E-state index is 0.0861. The molecule has 2 aromatic rings. The average molecular weight is 350 g/mol. The summed E-state index contributed by atoms with van der Waals surface area (Å²) in [6.07, 6.45) is 4.40. The normalized spacial score (nSPS) is 36.2. The fourth-order valence-electron chi connectivity index (χ4n) is 5.72. The lowest BCUT2D eigenvalue weighted by Crippen LogP contribution is -2.69. The highest BCUT2D eigenvalue weighted by molar-refractivity contribution is 5.96. The van der Waals surface area contributed by atoms with E-state index in [1.165, 1.54) is 29.3 Å². The fourth-order valence-corrected chi connectivity index (χ4v) is 5.72. The molecule has 5 heterocycles. The van der Waals surface area contributed by atoms with Crippen molar-refractivity contribution in [3.05, 3.63) is 47.2 Å². The maximum absolute atomic E-state index is 12.9. The van der Waals surface area contributed by atoms with Crippen molar-refractivity contribution in [1.82, 2.24) is 9.88 Å². The number of esters is 1. The van der Waals surface area contributed by atoms with E-state index in [2.05, 4.69) is 28.1 Å².